The Labute approximate surface area is 93.8 Å². The van der Waals surface area contributed by atoms with Crippen LogP contribution >= 0.6 is 0 Å². The van der Waals surface area contributed by atoms with Crippen molar-refractivity contribution >= 4 is 11.5 Å². The summed E-state index contributed by atoms with van der Waals surface area (Å²) >= 11 is 0. The van der Waals surface area contributed by atoms with Crippen molar-refractivity contribution in [2.24, 2.45) is 10.9 Å². The molecule has 0 radical (unpaired) electrons. The van der Waals surface area contributed by atoms with E-state index >= 15 is 0 Å². The molecule has 16 heavy (non-hydrogen) atoms. The summed E-state index contributed by atoms with van der Waals surface area (Å²) in [6.45, 7) is 1.70. The van der Waals surface area contributed by atoms with E-state index < -0.39 is 5.72 Å². The second kappa shape index (κ2) is 3.01. The summed E-state index contributed by atoms with van der Waals surface area (Å²) in [5.74, 6) is 0.0301. The van der Waals surface area contributed by atoms with Crippen LogP contribution < -0.4 is 0 Å². The highest BCUT2D eigenvalue weighted by Crippen LogP contribution is 2.36. The number of hydrogen-bond donors (Lipinski definition) is 1. The lowest BCUT2D eigenvalue weighted by molar-refractivity contribution is 0.0487. The van der Waals surface area contributed by atoms with E-state index in [0.717, 1.165) is 16.8 Å². The third-order valence-corrected chi connectivity index (χ3v) is 3.38. The molecule has 2 atom stereocenters. The molecule has 0 spiro atoms. The molecule has 0 saturated carbocycles. The Morgan fingerprint density at radius 1 is 1.38 bits per heavy atom. The van der Waals surface area contributed by atoms with Crippen LogP contribution in [0.1, 0.15) is 35.7 Å². The summed E-state index contributed by atoms with van der Waals surface area (Å²) in [7, 11) is 0. The molecule has 3 nitrogen and oxygen atoms in total. The fraction of sp³-hybridized carbons (Fsp3) is 0.385. The first-order chi connectivity index (χ1) is 7.58. The van der Waals surface area contributed by atoms with Gasteiger partial charge in [-0.25, -0.2) is 0 Å². The van der Waals surface area contributed by atoms with Gasteiger partial charge in [-0.3, -0.25) is 9.79 Å². The number of benzene rings is 1. The van der Waals surface area contributed by atoms with E-state index in [1.807, 2.05) is 24.3 Å². The molecule has 0 bridgehead atoms. The van der Waals surface area contributed by atoms with Gasteiger partial charge in [0.25, 0.3) is 0 Å². The Bertz CT molecular complexity index is 502. The quantitative estimate of drug-likeness (QED) is 0.717. The average molecular weight is 215 g/mol. The second-order valence-corrected chi connectivity index (χ2v) is 4.72. The van der Waals surface area contributed by atoms with Gasteiger partial charge in [0, 0.05) is 11.1 Å². The summed E-state index contributed by atoms with van der Waals surface area (Å²) < 4.78 is 0. The average Bonchev–Trinajstić information content (AvgIpc) is 2.52. The number of carbonyl (C=O) groups is 1. The topological polar surface area (TPSA) is 49.7 Å². The molecule has 2 unspecified atom stereocenters. The minimum atomic E-state index is -1.01. The molecule has 3 heteroatoms. The Hall–Kier alpha value is -1.48. The first kappa shape index (κ1) is 9.73. The minimum Gasteiger partial charge on any atom is -0.369 e. The Kier molecular flexibility index (Phi) is 1.83. The van der Waals surface area contributed by atoms with E-state index in [-0.39, 0.29) is 11.7 Å². The largest absolute Gasteiger partial charge is 0.369 e. The maximum absolute atomic E-state index is 12.1. The summed E-state index contributed by atoms with van der Waals surface area (Å²) in [6.07, 6.45) is 1.25. The number of fused-ring (bicyclic) bond motifs is 3. The summed E-state index contributed by atoms with van der Waals surface area (Å²) in [6, 6.07) is 7.52. The number of aliphatic hydroxyl groups is 1. The van der Waals surface area contributed by atoms with Gasteiger partial charge in [0.05, 0.1) is 11.6 Å². The summed E-state index contributed by atoms with van der Waals surface area (Å²) in [5.41, 5.74) is 1.42. The molecular weight excluding hydrogens is 202 g/mol. The smallest absolute Gasteiger partial charge is 0.172 e. The van der Waals surface area contributed by atoms with Gasteiger partial charge in [-0.1, -0.05) is 24.3 Å². The number of aliphatic imine (C=N–C) groups is 1. The van der Waals surface area contributed by atoms with Crippen LogP contribution in [0.5, 0.6) is 0 Å². The summed E-state index contributed by atoms with van der Waals surface area (Å²) in [4.78, 5) is 16.4. The van der Waals surface area contributed by atoms with E-state index in [1.165, 1.54) is 0 Å². The molecule has 1 heterocycles. The first-order valence-corrected chi connectivity index (χ1v) is 5.54. The van der Waals surface area contributed by atoms with Crippen molar-refractivity contribution in [1.29, 1.82) is 0 Å². The Balaban J connectivity index is 2.20. The zero-order chi connectivity index (χ0) is 11.3. The monoisotopic (exact) mass is 215 g/mol. The van der Waals surface area contributed by atoms with E-state index in [1.54, 1.807) is 6.92 Å². The van der Waals surface area contributed by atoms with Crippen molar-refractivity contribution in [2.75, 3.05) is 0 Å². The van der Waals surface area contributed by atoms with Crippen LogP contribution in [0.3, 0.4) is 0 Å². The van der Waals surface area contributed by atoms with Crippen LogP contribution in [0.15, 0.2) is 29.3 Å². The fourth-order valence-corrected chi connectivity index (χ4v) is 2.56. The van der Waals surface area contributed by atoms with Crippen molar-refractivity contribution in [3.63, 3.8) is 0 Å². The van der Waals surface area contributed by atoms with Gasteiger partial charge in [-0.15, -0.1) is 0 Å². The normalized spacial score (nSPS) is 32.0. The Morgan fingerprint density at radius 3 is 2.81 bits per heavy atom. The van der Waals surface area contributed by atoms with Crippen LogP contribution in [0, 0.1) is 5.92 Å². The van der Waals surface area contributed by atoms with E-state index in [4.69, 9.17) is 0 Å². The van der Waals surface area contributed by atoms with Gasteiger partial charge in [0.1, 0.15) is 0 Å². The van der Waals surface area contributed by atoms with Crippen molar-refractivity contribution < 1.29 is 9.90 Å². The van der Waals surface area contributed by atoms with E-state index in [0.29, 0.717) is 12.8 Å². The molecule has 2 aliphatic rings. The zero-order valence-electron chi connectivity index (χ0n) is 9.10. The van der Waals surface area contributed by atoms with Crippen LogP contribution in [0.4, 0.5) is 0 Å². The predicted octanol–water partition coefficient (Wildman–Crippen LogP) is 1.79. The van der Waals surface area contributed by atoms with E-state index in [9.17, 15) is 9.90 Å². The summed E-state index contributed by atoms with van der Waals surface area (Å²) in [5, 5.41) is 9.93. The second-order valence-electron chi connectivity index (χ2n) is 4.72. The van der Waals surface area contributed by atoms with Crippen LogP contribution in [0.2, 0.25) is 0 Å². The molecule has 0 fully saturated rings. The fourth-order valence-electron chi connectivity index (χ4n) is 2.56. The molecule has 1 N–H and O–H groups in total. The molecule has 3 rings (SSSR count). The zero-order valence-corrected chi connectivity index (χ0v) is 9.10. The van der Waals surface area contributed by atoms with Gasteiger partial charge >= 0.3 is 0 Å². The molecule has 82 valence electrons. The SMILES string of the molecule is CC1(O)CCC2C(=O)c3ccccc3C2=N1. The molecule has 1 aromatic carbocycles. The van der Waals surface area contributed by atoms with Crippen molar-refractivity contribution in [3.05, 3.63) is 35.4 Å². The molecule has 1 aromatic rings. The molecule has 0 saturated heterocycles. The number of rotatable bonds is 0. The van der Waals surface area contributed by atoms with Crippen molar-refractivity contribution in [1.82, 2.24) is 0 Å². The molecule has 0 aromatic heterocycles. The minimum absolute atomic E-state index is 0.127. The van der Waals surface area contributed by atoms with Gasteiger partial charge < -0.3 is 5.11 Å². The van der Waals surface area contributed by atoms with Crippen LogP contribution in [0.25, 0.3) is 0 Å². The lowest BCUT2D eigenvalue weighted by Gasteiger charge is -2.27. The lowest BCUT2D eigenvalue weighted by atomic mass is 9.90. The first-order valence-electron chi connectivity index (χ1n) is 5.54. The molecular formula is C13H13NO2. The molecule has 0 amide bonds. The van der Waals surface area contributed by atoms with E-state index in [2.05, 4.69) is 4.99 Å². The van der Waals surface area contributed by atoms with Crippen molar-refractivity contribution in [2.45, 2.75) is 25.5 Å². The van der Waals surface area contributed by atoms with Gasteiger partial charge in [-0.2, -0.15) is 0 Å². The predicted molar refractivity (Wildman–Crippen MR) is 60.7 cm³/mol. The highest BCUT2D eigenvalue weighted by molar-refractivity contribution is 6.28. The standard InChI is InChI=1S/C13H13NO2/c1-13(16)7-6-10-11(14-13)8-4-2-3-5-9(8)12(10)15/h2-5,10,16H,6-7H2,1H3. The Morgan fingerprint density at radius 2 is 2.06 bits per heavy atom. The number of ketones is 1. The highest BCUT2D eigenvalue weighted by atomic mass is 16.3. The number of nitrogens with zero attached hydrogens (tertiary/aromatic N) is 1. The van der Waals surface area contributed by atoms with Crippen LogP contribution in [-0.4, -0.2) is 22.3 Å². The number of Topliss-reactive ketones (excluding diaryl/α,β-unsaturated/α-hetero) is 1. The maximum atomic E-state index is 12.1. The van der Waals surface area contributed by atoms with Gasteiger partial charge in [-0.05, 0) is 19.8 Å². The highest BCUT2D eigenvalue weighted by Gasteiger charge is 2.41. The molecule has 1 aliphatic carbocycles. The van der Waals surface area contributed by atoms with Crippen molar-refractivity contribution in [3.8, 4) is 0 Å². The lowest BCUT2D eigenvalue weighted by Crippen LogP contribution is -2.33. The third kappa shape index (κ3) is 1.25. The molecule has 1 aliphatic heterocycles. The third-order valence-electron chi connectivity index (χ3n) is 3.38. The van der Waals surface area contributed by atoms with Crippen LogP contribution in [-0.2, 0) is 0 Å². The van der Waals surface area contributed by atoms with Gasteiger partial charge in [0.2, 0.25) is 0 Å². The number of hydrogen-bond acceptors (Lipinski definition) is 3. The van der Waals surface area contributed by atoms with Gasteiger partial charge in [0.15, 0.2) is 11.5 Å². The number of carbonyl (C=O) groups excluding carboxylic acids is 1. The maximum Gasteiger partial charge on any atom is 0.172 e.